The maximum atomic E-state index is 12.4. The molecule has 0 spiro atoms. The Bertz CT molecular complexity index is 965. The van der Waals surface area contributed by atoms with E-state index in [4.69, 9.17) is 9.15 Å². The largest absolute Gasteiger partial charge is 0.479 e. The van der Waals surface area contributed by atoms with Crippen LogP contribution in [0.3, 0.4) is 0 Å². The molecular weight excluding hydrogens is 334 g/mol. The average Bonchev–Trinajstić information content (AvgIpc) is 3.18. The molecule has 0 saturated carbocycles. The van der Waals surface area contributed by atoms with Crippen molar-refractivity contribution in [2.45, 2.75) is 13.0 Å². The Kier molecular flexibility index (Phi) is 3.89. The number of rotatable bonds is 3. The van der Waals surface area contributed by atoms with Crippen molar-refractivity contribution in [2.24, 2.45) is 0 Å². The van der Waals surface area contributed by atoms with Crippen LogP contribution in [0.4, 0.5) is 11.4 Å². The summed E-state index contributed by atoms with van der Waals surface area (Å²) in [6.07, 6.45) is 2.43. The predicted octanol–water partition coefficient (Wildman–Crippen LogP) is 3.31. The molecule has 1 aromatic heterocycles. The molecule has 0 aliphatic carbocycles. The molecule has 7 nitrogen and oxygen atoms in total. The van der Waals surface area contributed by atoms with Crippen LogP contribution in [0.1, 0.15) is 17.3 Å². The quantitative estimate of drug-likeness (QED) is 0.757. The van der Waals surface area contributed by atoms with Crippen LogP contribution in [0.15, 0.2) is 59.5 Å². The van der Waals surface area contributed by atoms with Crippen LogP contribution in [0.2, 0.25) is 0 Å². The van der Waals surface area contributed by atoms with Gasteiger partial charge in [-0.25, -0.2) is 4.98 Å². The molecule has 1 atom stereocenters. The summed E-state index contributed by atoms with van der Waals surface area (Å²) < 4.78 is 10.7. The zero-order valence-electron chi connectivity index (χ0n) is 13.9. The van der Waals surface area contributed by atoms with Gasteiger partial charge in [0.15, 0.2) is 18.3 Å². The van der Waals surface area contributed by atoms with Gasteiger partial charge in [0.1, 0.15) is 5.75 Å². The number of hydrogen-bond donors (Lipinski definition) is 2. The first kappa shape index (κ1) is 15.9. The summed E-state index contributed by atoms with van der Waals surface area (Å²) in [5.41, 5.74) is 2.43. The molecule has 2 aromatic carbocycles. The maximum Gasteiger partial charge on any atom is 0.265 e. The molecule has 0 saturated heterocycles. The number of aromatic nitrogens is 1. The van der Waals surface area contributed by atoms with Crippen LogP contribution in [-0.4, -0.2) is 22.9 Å². The molecular formula is C19H15N3O4. The molecule has 1 aliphatic rings. The van der Waals surface area contributed by atoms with Crippen molar-refractivity contribution in [2.75, 3.05) is 10.6 Å². The van der Waals surface area contributed by atoms with Crippen LogP contribution < -0.4 is 15.4 Å². The summed E-state index contributed by atoms with van der Waals surface area (Å²) in [6, 6.07) is 12.1. The molecule has 0 unspecified atom stereocenters. The van der Waals surface area contributed by atoms with Crippen LogP contribution >= 0.6 is 0 Å². The van der Waals surface area contributed by atoms with E-state index >= 15 is 0 Å². The molecule has 0 fully saturated rings. The van der Waals surface area contributed by atoms with Gasteiger partial charge < -0.3 is 19.8 Å². The van der Waals surface area contributed by atoms with Crippen molar-refractivity contribution in [1.29, 1.82) is 0 Å². The molecule has 1 aliphatic heterocycles. The highest BCUT2D eigenvalue weighted by molar-refractivity contribution is 6.05. The third kappa shape index (κ3) is 3.02. The number of fused-ring (bicyclic) bond motifs is 1. The normalized spacial score (nSPS) is 15.6. The van der Waals surface area contributed by atoms with E-state index in [0.717, 1.165) is 5.56 Å². The van der Waals surface area contributed by atoms with Crippen LogP contribution in [0.5, 0.6) is 5.75 Å². The van der Waals surface area contributed by atoms with Crippen molar-refractivity contribution in [3.63, 3.8) is 0 Å². The number of carbonyl (C=O) groups excluding carboxylic acids is 2. The van der Waals surface area contributed by atoms with E-state index in [1.165, 1.54) is 6.39 Å². The van der Waals surface area contributed by atoms with E-state index in [1.807, 2.05) is 0 Å². The lowest BCUT2D eigenvalue weighted by Gasteiger charge is -2.23. The van der Waals surface area contributed by atoms with E-state index in [-0.39, 0.29) is 11.8 Å². The number of benzene rings is 2. The van der Waals surface area contributed by atoms with Crippen LogP contribution in [-0.2, 0) is 4.79 Å². The molecule has 2 heterocycles. The smallest absolute Gasteiger partial charge is 0.265 e. The Balaban J connectivity index is 1.50. The molecule has 3 aromatic rings. The zero-order chi connectivity index (χ0) is 18.1. The summed E-state index contributed by atoms with van der Waals surface area (Å²) >= 11 is 0. The average molecular weight is 349 g/mol. The van der Waals surface area contributed by atoms with Crippen molar-refractivity contribution in [3.8, 4) is 17.1 Å². The lowest BCUT2D eigenvalue weighted by Crippen LogP contribution is -2.34. The number of amides is 2. The summed E-state index contributed by atoms with van der Waals surface area (Å²) in [5, 5.41) is 5.56. The second kappa shape index (κ2) is 6.36. The first-order valence-electron chi connectivity index (χ1n) is 8.02. The summed E-state index contributed by atoms with van der Waals surface area (Å²) in [6.45, 7) is 1.68. The van der Waals surface area contributed by atoms with Gasteiger partial charge in [-0.3, -0.25) is 9.59 Å². The fraction of sp³-hybridized carbons (Fsp3) is 0.105. The predicted molar refractivity (Wildman–Crippen MR) is 95.1 cm³/mol. The lowest BCUT2D eigenvalue weighted by molar-refractivity contribution is -0.122. The number of nitrogens with one attached hydrogen (secondary N) is 2. The first-order chi connectivity index (χ1) is 12.6. The highest BCUT2D eigenvalue weighted by Crippen LogP contribution is 2.32. The molecule has 0 radical (unpaired) electrons. The topological polar surface area (TPSA) is 93.5 Å². The van der Waals surface area contributed by atoms with Gasteiger partial charge in [0.2, 0.25) is 0 Å². The van der Waals surface area contributed by atoms with Gasteiger partial charge in [-0.2, -0.15) is 0 Å². The van der Waals surface area contributed by atoms with Crippen molar-refractivity contribution in [1.82, 2.24) is 4.98 Å². The lowest BCUT2D eigenvalue weighted by atomic mass is 10.1. The van der Waals surface area contributed by atoms with E-state index in [2.05, 4.69) is 15.6 Å². The summed E-state index contributed by atoms with van der Waals surface area (Å²) in [4.78, 5) is 28.0. The Morgan fingerprint density at radius 3 is 2.73 bits per heavy atom. The van der Waals surface area contributed by atoms with Crippen LogP contribution in [0, 0.1) is 0 Å². The number of ether oxygens (including phenoxy) is 1. The second-order valence-electron chi connectivity index (χ2n) is 5.86. The zero-order valence-corrected chi connectivity index (χ0v) is 13.9. The van der Waals surface area contributed by atoms with E-state index < -0.39 is 6.10 Å². The molecule has 2 amide bonds. The minimum atomic E-state index is -0.536. The van der Waals surface area contributed by atoms with Gasteiger partial charge in [-0.05, 0) is 37.3 Å². The van der Waals surface area contributed by atoms with E-state index in [0.29, 0.717) is 28.4 Å². The number of anilines is 2. The highest BCUT2D eigenvalue weighted by Gasteiger charge is 2.23. The number of hydrogen-bond acceptors (Lipinski definition) is 5. The van der Waals surface area contributed by atoms with Gasteiger partial charge >= 0.3 is 0 Å². The molecule has 0 bridgehead atoms. The standard InChI is InChI=1S/C19H15N3O4/c1-11-18(23)22-15-8-14(6-7-16(15)26-11)21-19(24)13-4-2-12(3-5-13)17-9-20-10-25-17/h2-11H,1H3,(H,21,24)(H,22,23)/t11-/m0/s1. The van der Waals surface area contributed by atoms with Crippen molar-refractivity contribution < 1.29 is 18.7 Å². The number of carbonyl (C=O) groups is 2. The van der Waals surface area contributed by atoms with Crippen molar-refractivity contribution >= 4 is 23.2 Å². The van der Waals surface area contributed by atoms with Crippen molar-refractivity contribution in [3.05, 3.63) is 60.6 Å². The summed E-state index contributed by atoms with van der Waals surface area (Å²) in [5.74, 6) is 0.734. The Hall–Kier alpha value is -3.61. The van der Waals surface area contributed by atoms with Crippen LogP contribution in [0.25, 0.3) is 11.3 Å². The fourth-order valence-corrected chi connectivity index (χ4v) is 2.63. The van der Waals surface area contributed by atoms with Gasteiger partial charge in [0, 0.05) is 16.8 Å². The number of oxazole rings is 1. The highest BCUT2D eigenvalue weighted by atomic mass is 16.5. The monoisotopic (exact) mass is 349 g/mol. The third-order valence-corrected chi connectivity index (χ3v) is 4.03. The van der Waals surface area contributed by atoms with E-state index in [1.54, 1.807) is 55.6 Å². The SMILES string of the molecule is C[C@@H]1Oc2ccc(NC(=O)c3ccc(-c4cnco4)cc3)cc2NC1=O. The van der Waals surface area contributed by atoms with Gasteiger partial charge in [-0.15, -0.1) is 0 Å². The molecule has 4 rings (SSSR count). The molecule has 26 heavy (non-hydrogen) atoms. The second-order valence-corrected chi connectivity index (χ2v) is 5.86. The molecule has 2 N–H and O–H groups in total. The third-order valence-electron chi connectivity index (χ3n) is 4.03. The Morgan fingerprint density at radius 2 is 2.00 bits per heavy atom. The number of nitrogens with zero attached hydrogens (tertiary/aromatic N) is 1. The Morgan fingerprint density at radius 1 is 1.19 bits per heavy atom. The first-order valence-corrected chi connectivity index (χ1v) is 8.02. The Labute approximate surface area is 149 Å². The van der Waals surface area contributed by atoms with Gasteiger partial charge in [0.05, 0.1) is 11.9 Å². The van der Waals surface area contributed by atoms with Gasteiger partial charge in [0.25, 0.3) is 11.8 Å². The molecule has 130 valence electrons. The van der Waals surface area contributed by atoms with E-state index in [9.17, 15) is 9.59 Å². The fourth-order valence-electron chi connectivity index (χ4n) is 2.63. The van der Waals surface area contributed by atoms with Gasteiger partial charge in [-0.1, -0.05) is 12.1 Å². The molecule has 7 heteroatoms. The maximum absolute atomic E-state index is 12.4. The summed E-state index contributed by atoms with van der Waals surface area (Å²) in [7, 11) is 0. The minimum Gasteiger partial charge on any atom is -0.479 e. The minimum absolute atomic E-state index is 0.219.